The smallest absolute Gasteiger partial charge is 0.460 e. The minimum absolute atomic E-state index is 0.213. The number of hydrogen-bond donors (Lipinski definition) is 1. The van der Waals surface area contributed by atoms with Crippen molar-refractivity contribution in [3.63, 3.8) is 0 Å². The zero-order valence-electron chi connectivity index (χ0n) is 29.3. The summed E-state index contributed by atoms with van der Waals surface area (Å²) in [6, 6.07) is 0. The van der Waals surface area contributed by atoms with Crippen LogP contribution >= 0.6 is 23.5 Å². The highest BCUT2D eigenvalue weighted by molar-refractivity contribution is 8.18. The molecule has 0 fully saturated rings. The lowest BCUT2D eigenvalue weighted by Gasteiger charge is -2.43. The number of carbonyl (C=O) groups is 1. The molecule has 0 aliphatic heterocycles. The van der Waals surface area contributed by atoms with Crippen LogP contribution in [0.4, 0.5) is 158 Å². The highest BCUT2D eigenvalue weighted by Crippen LogP contribution is 2.67. The first-order chi connectivity index (χ1) is 27.6. The lowest BCUT2D eigenvalue weighted by molar-refractivity contribution is -0.461. The van der Waals surface area contributed by atoms with Crippen LogP contribution in [0.25, 0.3) is 0 Å². The van der Waals surface area contributed by atoms with Crippen LogP contribution in [-0.2, 0) is 4.79 Å². The summed E-state index contributed by atoms with van der Waals surface area (Å²) in [5, 5.41) is 8.70. The summed E-state index contributed by atoms with van der Waals surface area (Å²) < 4.78 is 484. The Morgan fingerprint density at radius 3 is 0.738 bits per heavy atom. The van der Waals surface area contributed by atoms with Gasteiger partial charge in [-0.05, 0) is 13.3 Å². The van der Waals surface area contributed by atoms with Crippen molar-refractivity contribution in [1.82, 2.24) is 0 Å². The number of thioether (sulfide) groups is 2. The molecule has 0 radical (unpaired) electrons. The summed E-state index contributed by atoms with van der Waals surface area (Å²) >= 11 is -3.29. The van der Waals surface area contributed by atoms with Gasteiger partial charge < -0.3 is 5.11 Å². The summed E-state index contributed by atoms with van der Waals surface area (Å²) in [7, 11) is 0. The summed E-state index contributed by atoms with van der Waals surface area (Å²) in [5.41, 5.74) is -9.17. The number of halogens is 36. The van der Waals surface area contributed by atoms with Gasteiger partial charge in [0.15, 0.2) is 11.0 Å². The summed E-state index contributed by atoms with van der Waals surface area (Å²) in [4.78, 5) is 10.9. The van der Waals surface area contributed by atoms with Gasteiger partial charge in [-0.1, -0.05) is 0 Å². The molecule has 0 aromatic rings. The zero-order valence-corrected chi connectivity index (χ0v) is 30.9. The predicted octanol–water partition coefficient (Wildman–Crippen LogP) is 14.4. The summed E-state index contributed by atoms with van der Waals surface area (Å²) in [6.07, 6.45) is -28.3. The van der Waals surface area contributed by atoms with E-state index in [9.17, 15) is 163 Å². The molecule has 0 aliphatic rings. The van der Waals surface area contributed by atoms with E-state index in [1.165, 1.54) is 0 Å². The lowest BCUT2D eigenvalue weighted by Crippen LogP contribution is -2.74. The van der Waals surface area contributed by atoms with Crippen molar-refractivity contribution >= 4 is 29.5 Å². The largest absolute Gasteiger partial charge is 0.481 e. The van der Waals surface area contributed by atoms with Crippen LogP contribution in [0.2, 0.25) is 0 Å². The molecular weight excluding hydrogens is 1080 g/mol. The summed E-state index contributed by atoms with van der Waals surface area (Å²) in [5.74, 6) is -125. The van der Waals surface area contributed by atoms with Crippen LogP contribution in [0.1, 0.15) is 32.6 Å². The number of carboxylic acid groups (broad SMARTS) is 1. The van der Waals surface area contributed by atoms with Gasteiger partial charge in [-0.25, -0.2) is 8.78 Å². The predicted molar refractivity (Wildman–Crippen MR) is 141 cm³/mol. The van der Waals surface area contributed by atoms with E-state index < -0.39 is 166 Å². The van der Waals surface area contributed by atoms with Crippen LogP contribution in [0.15, 0.2) is 0 Å². The molecule has 0 bridgehead atoms. The molecule has 2 unspecified atom stereocenters. The maximum Gasteiger partial charge on any atom is 0.460 e. The normalized spacial score (nSPS) is 18.1. The fourth-order valence-corrected chi connectivity index (χ4v) is 7.11. The standard InChI is InChI=1S/C25H14F36O2S2/c1-9(3-2-8(62)63,64-6(26)4-10(28,29)12(32,33)14(36,37)16(40,41)18(44,45)20(48,49)22(52,53)24(56,57)58)65-7(27)5-11(30,31)13(34,35)15(38,39)17(42,43)19(46,47)21(50,51)23(54,55)25(59,60)61/h6-7H,2-5H2,1H3,(H,62,63). The second-order valence-electron chi connectivity index (χ2n) is 12.8. The number of alkyl halides is 36. The van der Waals surface area contributed by atoms with Gasteiger partial charge >= 0.3 is 101 Å². The minimum Gasteiger partial charge on any atom is -0.481 e. The Hall–Kier alpha value is -2.35. The minimum atomic E-state index is -9.21. The number of rotatable bonds is 23. The highest BCUT2D eigenvalue weighted by Gasteiger charge is 2.97. The second kappa shape index (κ2) is 17.3. The van der Waals surface area contributed by atoms with Crippen molar-refractivity contribution in [3.05, 3.63) is 0 Å². The molecule has 0 heterocycles. The molecule has 0 saturated heterocycles. The van der Waals surface area contributed by atoms with Crippen molar-refractivity contribution < 1.29 is 168 Å². The van der Waals surface area contributed by atoms with E-state index in [0.717, 1.165) is 0 Å². The molecule has 0 aliphatic carbocycles. The van der Waals surface area contributed by atoms with E-state index in [-0.39, 0.29) is 6.92 Å². The maximum absolute atomic E-state index is 14.7. The first-order valence-corrected chi connectivity index (χ1v) is 16.7. The van der Waals surface area contributed by atoms with Crippen LogP contribution in [-0.4, -0.2) is 121 Å². The van der Waals surface area contributed by atoms with Gasteiger partial charge in [0, 0.05) is 6.42 Å². The third-order valence-electron chi connectivity index (χ3n) is 7.96. The molecule has 40 heteroatoms. The Morgan fingerprint density at radius 1 is 0.369 bits per heavy atom. The Balaban J connectivity index is 6.99. The van der Waals surface area contributed by atoms with Crippen LogP contribution in [0.5, 0.6) is 0 Å². The van der Waals surface area contributed by atoms with Crippen LogP contribution in [0.3, 0.4) is 0 Å². The maximum atomic E-state index is 14.7. The van der Waals surface area contributed by atoms with Crippen molar-refractivity contribution in [2.24, 2.45) is 0 Å². The van der Waals surface area contributed by atoms with Gasteiger partial charge in [0.05, 0.1) is 16.9 Å². The van der Waals surface area contributed by atoms with Gasteiger partial charge in [0.25, 0.3) is 0 Å². The lowest BCUT2D eigenvalue weighted by atomic mass is 9.88. The molecule has 2 atom stereocenters. The Labute approximate surface area is 341 Å². The quantitative estimate of drug-likeness (QED) is 0.0817. The van der Waals surface area contributed by atoms with Crippen LogP contribution in [0, 0.1) is 0 Å². The highest BCUT2D eigenvalue weighted by atomic mass is 32.2. The van der Waals surface area contributed by atoms with E-state index in [2.05, 4.69) is 0 Å². The van der Waals surface area contributed by atoms with Crippen molar-refractivity contribution in [1.29, 1.82) is 0 Å². The molecule has 0 aromatic heterocycles. The average Bonchev–Trinajstić information content (AvgIpc) is 3.04. The molecule has 1 N–H and O–H groups in total. The first kappa shape index (κ1) is 62.6. The zero-order chi connectivity index (χ0) is 53.5. The topological polar surface area (TPSA) is 37.3 Å². The molecule has 0 aromatic carbocycles. The molecule has 0 rings (SSSR count). The van der Waals surface area contributed by atoms with Gasteiger partial charge in [0.2, 0.25) is 0 Å². The number of hydrogen-bond acceptors (Lipinski definition) is 3. The third-order valence-corrected chi connectivity index (χ3v) is 10.8. The van der Waals surface area contributed by atoms with E-state index >= 15 is 0 Å². The number of aliphatic carboxylic acids is 1. The average molecular weight is 1090 g/mol. The molecule has 0 saturated carbocycles. The Kier molecular flexibility index (Phi) is 16.6. The third kappa shape index (κ3) is 9.79. The van der Waals surface area contributed by atoms with Crippen LogP contribution < -0.4 is 0 Å². The molecule has 0 spiro atoms. The first-order valence-electron chi connectivity index (χ1n) is 14.9. The van der Waals surface area contributed by atoms with Gasteiger partial charge in [-0.2, -0.15) is 149 Å². The second-order valence-corrected chi connectivity index (χ2v) is 16.3. The monoisotopic (exact) mass is 1090 g/mol. The fraction of sp³-hybridized carbons (Fsp3) is 0.960. The molecule has 390 valence electrons. The van der Waals surface area contributed by atoms with Gasteiger partial charge in [-0.3, -0.25) is 4.79 Å². The van der Waals surface area contributed by atoms with Gasteiger partial charge in [0.1, 0.15) is 0 Å². The van der Waals surface area contributed by atoms with Gasteiger partial charge in [-0.15, -0.1) is 23.5 Å². The van der Waals surface area contributed by atoms with Crippen molar-refractivity contribution in [3.8, 4) is 0 Å². The fourth-order valence-electron chi connectivity index (χ4n) is 4.16. The molecule has 2 nitrogen and oxygen atoms in total. The Bertz CT molecular complexity index is 1550. The Morgan fingerprint density at radius 2 is 0.554 bits per heavy atom. The SMILES string of the molecule is CC(CCC(=O)O)(SC(F)CC(F)(F)C(F)(F)C(F)(F)C(F)(F)C(F)(F)C(F)(F)C(F)(F)C(F)(F)F)SC(F)CC(F)(F)C(F)(F)C(F)(F)C(F)(F)C(F)(F)C(F)(F)C(F)(F)C(F)(F)F. The van der Waals surface area contributed by atoms with E-state index in [1.807, 2.05) is 0 Å². The molecule has 65 heavy (non-hydrogen) atoms. The van der Waals surface area contributed by atoms with E-state index in [1.54, 1.807) is 0 Å². The van der Waals surface area contributed by atoms with Crippen molar-refractivity contribution in [2.75, 3.05) is 0 Å². The summed E-state index contributed by atoms with van der Waals surface area (Å²) in [6.45, 7) is -0.213. The number of carboxylic acids is 1. The van der Waals surface area contributed by atoms with E-state index in [4.69, 9.17) is 5.11 Å². The van der Waals surface area contributed by atoms with Crippen molar-refractivity contribution in [2.45, 2.75) is 143 Å². The molecule has 0 amide bonds. The van der Waals surface area contributed by atoms with E-state index in [0.29, 0.717) is 0 Å². The molecular formula is C25H14F36O2S2.